The van der Waals surface area contributed by atoms with Gasteiger partial charge in [0.2, 0.25) is 0 Å². The monoisotopic (exact) mass is 629 g/mol. The van der Waals surface area contributed by atoms with Gasteiger partial charge in [-0.15, -0.1) is 11.3 Å². The third-order valence-corrected chi connectivity index (χ3v) is 8.32. The van der Waals surface area contributed by atoms with Gasteiger partial charge in [-0.25, -0.2) is 19.6 Å². The zero-order valence-electron chi connectivity index (χ0n) is 27.5. The van der Waals surface area contributed by atoms with Gasteiger partial charge in [-0.2, -0.15) is 9.61 Å². The number of aliphatic hydroxyl groups excluding tert-OH is 1. The van der Waals surface area contributed by atoms with Crippen LogP contribution in [-0.4, -0.2) is 78.7 Å². The standard InChI is InChI=1S/C31H47N7O5S/c1-18(2)22-16-34-38-25(37(29(41)43-31(8,9)10)20(4)27-33-14-19(3)44-27)13-24(35-26(22)38)32-15-21-11-12-36(17-23(21)39)28(40)42-30(5,6)7/h13-14,16,18,20-21,23,39H,11-12,15,17H2,1-10H3,(H,32,35)/t20-,21+,23-/m0/s1. The van der Waals surface area contributed by atoms with Crippen molar-refractivity contribution in [3.63, 3.8) is 0 Å². The Morgan fingerprint density at radius 2 is 1.82 bits per heavy atom. The number of β-amino-alcohol motifs (C(OH)–C–C–N with tert-alkyl or cyclic N) is 1. The quantitative estimate of drug-likeness (QED) is 0.316. The van der Waals surface area contributed by atoms with E-state index in [0.717, 1.165) is 15.4 Å². The van der Waals surface area contributed by atoms with E-state index >= 15 is 0 Å². The molecule has 0 unspecified atom stereocenters. The lowest BCUT2D eigenvalue weighted by molar-refractivity contribution is -0.0104. The number of rotatable bonds is 7. The van der Waals surface area contributed by atoms with Crippen LogP contribution in [0, 0.1) is 12.8 Å². The molecule has 1 saturated heterocycles. The van der Waals surface area contributed by atoms with Crippen molar-refractivity contribution in [2.45, 2.75) is 105 Å². The molecule has 3 aromatic heterocycles. The van der Waals surface area contributed by atoms with Crippen LogP contribution >= 0.6 is 11.3 Å². The topological polar surface area (TPSA) is 134 Å². The Kier molecular flexibility index (Phi) is 9.79. The van der Waals surface area contributed by atoms with E-state index in [4.69, 9.17) is 14.5 Å². The van der Waals surface area contributed by atoms with E-state index < -0.39 is 35.5 Å². The molecule has 44 heavy (non-hydrogen) atoms. The largest absolute Gasteiger partial charge is 0.444 e. The Balaban J connectivity index is 1.66. The molecule has 0 saturated carbocycles. The van der Waals surface area contributed by atoms with E-state index in [9.17, 15) is 14.7 Å². The molecular formula is C31H47N7O5S. The predicted molar refractivity (Wildman–Crippen MR) is 171 cm³/mol. The smallest absolute Gasteiger partial charge is 0.416 e. The minimum absolute atomic E-state index is 0.121. The number of nitrogens with zero attached hydrogens (tertiary/aromatic N) is 6. The van der Waals surface area contributed by atoms with Crippen molar-refractivity contribution in [3.8, 4) is 0 Å². The summed E-state index contributed by atoms with van der Waals surface area (Å²) in [5, 5.41) is 19.8. The van der Waals surface area contributed by atoms with Crippen molar-refractivity contribution >= 4 is 40.8 Å². The summed E-state index contributed by atoms with van der Waals surface area (Å²) in [6.45, 7) is 20.1. The molecule has 12 nitrogen and oxygen atoms in total. The Morgan fingerprint density at radius 1 is 1.14 bits per heavy atom. The molecule has 0 radical (unpaired) electrons. The molecule has 0 bridgehead atoms. The molecule has 0 aromatic carbocycles. The van der Waals surface area contributed by atoms with E-state index in [1.165, 1.54) is 11.3 Å². The molecule has 2 N–H and O–H groups in total. The van der Waals surface area contributed by atoms with Gasteiger partial charge in [0.15, 0.2) is 5.65 Å². The average molecular weight is 630 g/mol. The minimum Gasteiger partial charge on any atom is -0.444 e. The van der Waals surface area contributed by atoms with Gasteiger partial charge in [0.25, 0.3) is 0 Å². The van der Waals surface area contributed by atoms with E-state index in [2.05, 4.69) is 29.2 Å². The van der Waals surface area contributed by atoms with Crippen LogP contribution in [-0.2, 0) is 9.47 Å². The molecule has 1 aliphatic rings. The number of likely N-dealkylation sites (tertiary alicyclic amines) is 1. The number of hydrogen-bond donors (Lipinski definition) is 2. The van der Waals surface area contributed by atoms with Crippen LogP contribution in [0.5, 0.6) is 0 Å². The molecule has 4 rings (SSSR count). The van der Waals surface area contributed by atoms with Crippen LogP contribution in [0.4, 0.5) is 21.2 Å². The molecule has 1 aliphatic heterocycles. The lowest BCUT2D eigenvalue weighted by Gasteiger charge is -2.36. The summed E-state index contributed by atoms with van der Waals surface area (Å²) >= 11 is 1.52. The van der Waals surface area contributed by atoms with E-state index in [-0.39, 0.29) is 18.4 Å². The number of carbonyl (C=O) groups is 2. The first-order valence-electron chi connectivity index (χ1n) is 15.2. The lowest BCUT2D eigenvalue weighted by Crippen LogP contribution is -2.49. The zero-order valence-corrected chi connectivity index (χ0v) is 28.4. The fourth-order valence-corrected chi connectivity index (χ4v) is 5.83. The Morgan fingerprint density at radius 3 is 2.39 bits per heavy atom. The first-order chi connectivity index (χ1) is 20.4. The lowest BCUT2D eigenvalue weighted by atomic mass is 9.94. The van der Waals surface area contributed by atoms with Crippen LogP contribution < -0.4 is 10.2 Å². The number of aliphatic hydroxyl groups is 1. The molecule has 0 spiro atoms. The number of fused-ring (bicyclic) bond motifs is 1. The highest BCUT2D eigenvalue weighted by atomic mass is 32.1. The van der Waals surface area contributed by atoms with Crippen molar-refractivity contribution in [1.29, 1.82) is 0 Å². The van der Waals surface area contributed by atoms with Crippen LogP contribution in [0.1, 0.15) is 96.1 Å². The molecule has 2 amide bonds. The number of piperidine rings is 1. The maximum Gasteiger partial charge on any atom is 0.416 e. The van der Waals surface area contributed by atoms with E-state index in [1.807, 2.05) is 55.4 Å². The first-order valence-corrected chi connectivity index (χ1v) is 16.0. The van der Waals surface area contributed by atoms with E-state index in [0.29, 0.717) is 36.8 Å². The highest BCUT2D eigenvalue weighted by Crippen LogP contribution is 2.34. The van der Waals surface area contributed by atoms with Gasteiger partial charge in [-0.05, 0) is 67.7 Å². The molecule has 1 fully saturated rings. The molecule has 4 heterocycles. The third kappa shape index (κ3) is 7.98. The normalized spacial score (nSPS) is 18.4. The number of anilines is 2. The number of aromatic nitrogens is 4. The second kappa shape index (κ2) is 12.9. The highest BCUT2D eigenvalue weighted by molar-refractivity contribution is 7.11. The zero-order chi connectivity index (χ0) is 32.6. The highest BCUT2D eigenvalue weighted by Gasteiger charge is 2.34. The number of amides is 2. The van der Waals surface area contributed by atoms with Gasteiger partial charge in [0.1, 0.15) is 27.8 Å². The number of ether oxygens (including phenoxy) is 2. The molecule has 13 heteroatoms. The predicted octanol–water partition coefficient (Wildman–Crippen LogP) is 6.15. The number of aryl methyl sites for hydroxylation is 1. The summed E-state index contributed by atoms with van der Waals surface area (Å²) in [7, 11) is 0. The number of nitrogens with one attached hydrogen (secondary N) is 1. The minimum atomic E-state index is -0.736. The van der Waals surface area contributed by atoms with E-state index in [1.54, 1.807) is 32.8 Å². The van der Waals surface area contributed by atoms with Crippen LogP contribution in [0.15, 0.2) is 18.5 Å². The second-order valence-corrected chi connectivity index (χ2v) is 15.0. The van der Waals surface area contributed by atoms with Crippen molar-refractivity contribution < 1.29 is 24.2 Å². The first kappa shape index (κ1) is 33.4. The Bertz CT molecular complexity index is 1470. The van der Waals surface area contributed by atoms with Crippen molar-refractivity contribution in [2.75, 3.05) is 29.9 Å². The van der Waals surface area contributed by atoms with Crippen LogP contribution in [0.25, 0.3) is 5.65 Å². The number of thiazole rings is 1. The molecular weight excluding hydrogens is 582 g/mol. The Hall–Kier alpha value is -3.45. The maximum absolute atomic E-state index is 13.8. The maximum atomic E-state index is 13.8. The molecule has 0 aliphatic carbocycles. The van der Waals surface area contributed by atoms with Crippen LogP contribution in [0.3, 0.4) is 0 Å². The summed E-state index contributed by atoms with van der Waals surface area (Å²) in [4.78, 5) is 40.0. The summed E-state index contributed by atoms with van der Waals surface area (Å²) < 4.78 is 13.0. The van der Waals surface area contributed by atoms with Gasteiger partial charge >= 0.3 is 12.2 Å². The Labute approximate surface area is 263 Å². The fraction of sp³-hybridized carbons (Fsp3) is 0.645. The summed E-state index contributed by atoms with van der Waals surface area (Å²) in [6.07, 6.45) is 2.48. The van der Waals surface area contributed by atoms with Gasteiger partial charge in [-0.1, -0.05) is 13.8 Å². The number of carbonyl (C=O) groups excluding carboxylic acids is 2. The van der Waals surface area contributed by atoms with Crippen LogP contribution in [0.2, 0.25) is 0 Å². The summed E-state index contributed by atoms with van der Waals surface area (Å²) in [6, 6.07) is 1.33. The van der Waals surface area contributed by atoms with Gasteiger partial charge < -0.3 is 24.8 Å². The van der Waals surface area contributed by atoms with Gasteiger partial charge in [-0.3, -0.25) is 4.90 Å². The van der Waals surface area contributed by atoms with Gasteiger partial charge in [0, 0.05) is 41.7 Å². The second-order valence-electron chi connectivity index (χ2n) is 13.7. The van der Waals surface area contributed by atoms with Crippen molar-refractivity contribution in [2.24, 2.45) is 5.92 Å². The SMILES string of the molecule is Cc1cnc([C@H](C)N(C(=O)OC(C)(C)C)c2cc(NC[C@H]3CCN(C(=O)OC(C)(C)C)C[C@@H]3O)nc3c(C(C)C)cnn23)s1. The fourth-order valence-electron chi connectivity index (χ4n) is 5.02. The molecule has 3 aromatic rings. The summed E-state index contributed by atoms with van der Waals surface area (Å²) in [5.41, 5.74) is 0.228. The van der Waals surface area contributed by atoms with Crippen molar-refractivity contribution in [3.05, 3.63) is 33.9 Å². The third-order valence-electron chi connectivity index (χ3n) is 7.24. The molecule has 242 valence electrons. The average Bonchev–Trinajstić information content (AvgIpc) is 3.52. The molecule has 3 atom stereocenters. The van der Waals surface area contributed by atoms with Gasteiger partial charge in [0.05, 0.1) is 24.9 Å². The number of hydrogen-bond acceptors (Lipinski definition) is 10. The summed E-state index contributed by atoms with van der Waals surface area (Å²) in [5.74, 6) is 1.03. The van der Waals surface area contributed by atoms with Crippen molar-refractivity contribution in [1.82, 2.24) is 24.5 Å².